The van der Waals surface area contributed by atoms with Crippen LogP contribution in [0.25, 0.3) is 0 Å². The first-order chi connectivity index (χ1) is 10.3. The normalized spacial score (nSPS) is 28.0. The highest BCUT2D eigenvalue weighted by atomic mass is 16.5. The summed E-state index contributed by atoms with van der Waals surface area (Å²) in [7, 11) is 2.08. The second kappa shape index (κ2) is 6.27. The molecular weight excluding hydrogens is 262 g/mol. The number of hydrogen-bond acceptors (Lipinski definition) is 3. The van der Waals surface area contributed by atoms with Crippen LogP contribution in [0.4, 0.5) is 0 Å². The quantitative estimate of drug-likeness (QED) is 0.828. The highest BCUT2D eigenvalue weighted by Gasteiger charge is 2.55. The molecule has 3 unspecified atom stereocenters. The Balaban J connectivity index is 1.81. The van der Waals surface area contributed by atoms with Gasteiger partial charge in [-0.05, 0) is 69.2 Å². The molecule has 0 spiro atoms. The predicted molar refractivity (Wildman–Crippen MR) is 84.9 cm³/mol. The molecule has 0 radical (unpaired) electrons. The van der Waals surface area contributed by atoms with Crippen molar-refractivity contribution in [1.82, 2.24) is 5.32 Å². The molecule has 3 rings (SSSR count). The second-order valence-electron chi connectivity index (χ2n) is 6.17. The third-order valence-electron chi connectivity index (χ3n) is 5.10. The van der Waals surface area contributed by atoms with Crippen LogP contribution in [0.5, 0.6) is 11.5 Å². The zero-order valence-corrected chi connectivity index (χ0v) is 13.4. The summed E-state index contributed by atoms with van der Waals surface area (Å²) >= 11 is 0. The van der Waals surface area contributed by atoms with Crippen molar-refractivity contribution in [1.29, 1.82) is 0 Å². The van der Waals surface area contributed by atoms with Crippen molar-refractivity contribution in [3.05, 3.63) is 23.8 Å². The molecule has 0 bridgehead atoms. The summed E-state index contributed by atoms with van der Waals surface area (Å²) in [6, 6.07) is 6.88. The minimum absolute atomic E-state index is 0.454. The molecule has 1 N–H and O–H groups in total. The Morgan fingerprint density at radius 1 is 1.10 bits per heavy atom. The molecule has 3 nitrogen and oxygen atoms in total. The summed E-state index contributed by atoms with van der Waals surface area (Å²) < 4.78 is 11.4. The van der Waals surface area contributed by atoms with Gasteiger partial charge in [-0.15, -0.1) is 0 Å². The number of rotatable bonds is 7. The van der Waals surface area contributed by atoms with E-state index in [4.69, 9.17) is 9.47 Å². The Morgan fingerprint density at radius 2 is 1.76 bits per heavy atom. The first-order valence-corrected chi connectivity index (χ1v) is 8.37. The number of ether oxygens (including phenoxy) is 2. The number of nitrogens with one attached hydrogen (secondary N) is 1. The van der Waals surface area contributed by atoms with Crippen molar-refractivity contribution >= 4 is 0 Å². The van der Waals surface area contributed by atoms with Gasteiger partial charge in [-0.25, -0.2) is 0 Å². The van der Waals surface area contributed by atoms with E-state index < -0.39 is 0 Å². The molecule has 0 aliphatic heterocycles. The SMILES string of the molecule is CCOc1ccc(C(NC)C2C3CCCC32)cc1OCC. The molecule has 21 heavy (non-hydrogen) atoms. The molecule has 1 aromatic carbocycles. The van der Waals surface area contributed by atoms with E-state index in [-0.39, 0.29) is 0 Å². The zero-order valence-electron chi connectivity index (χ0n) is 13.4. The smallest absolute Gasteiger partial charge is 0.161 e. The van der Waals surface area contributed by atoms with E-state index in [0.717, 1.165) is 29.3 Å². The molecule has 1 aromatic rings. The van der Waals surface area contributed by atoms with Crippen molar-refractivity contribution in [2.45, 2.75) is 39.2 Å². The van der Waals surface area contributed by atoms with E-state index in [1.807, 2.05) is 13.8 Å². The lowest BCUT2D eigenvalue weighted by atomic mass is 9.96. The molecule has 3 heteroatoms. The van der Waals surface area contributed by atoms with Gasteiger partial charge in [-0.3, -0.25) is 0 Å². The van der Waals surface area contributed by atoms with E-state index in [9.17, 15) is 0 Å². The van der Waals surface area contributed by atoms with Crippen LogP contribution in [0.15, 0.2) is 18.2 Å². The van der Waals surface area contributed by atoms with Crippen LogP contribution in [0.1, 0.15) is 44.7 Å². The number of benzene rings is 1. The van der Waals surface area contributed by atoms with Crippen LogP contribution < -0.4 is 14.8 Å². The Morgan fingerprint density at radius 3 is 2.38 bits per heavy atom. The van der Waals surface area contributed by atoms with Crippen LogP contribution >= 0.6 is 0 Å². The van der Waals surface area contributed by atoms with Gasteiger partial charge in [0.2, 0.25) is 0 Å². The van der Waals surface area contributed by atoms with Gasteiger partial charge >= 0.3 is 0 Å². The molecule has 2 aliphatic carbocycles. The predicted octanol–water partition coefficient (Wildman–Crippen LogP) is 3.79. The lowest BCUT2D eigenvalue weighted by Gasteiger charge is -2.20. The summed E-state index contributed by atoms with van der Waals surface area (Å²) in [6.07, 6.45) is 4.27. The third-order valence-corrected chi connectivity index (χ3v) is 5.10. The fraction of sp³-hybridized carbons (Fsp3) is 0.667. The van der Waals surface area contributed by atoms with Crippen molar-refractivity contribution < 1.29 is 9.47 Å². The summed E-state index contributed by atoms with van der Waals surface area (Å²) in [5.41, 5.74) is 1.34. The molecule has 0 amide bonds. The van der Waals surface area contributed by atoms with Crippen LogP contribution in [-0.2, 0) is 0 Å². The van der Waals surface area contributed by atoms with Gasteiger partial charge < -0.3 is 14.8 Å². The average Bonchev–Trinajstić information content (AvgIpc) is 2.95. The van der Waals surface area contributed by atoms with Gasteiger partial charge in [0.1, 0.15) is 0 Å². The second-order valence-corrected chi connectivity index (χ2v) is 6.17. The van der Waals surface area contributed by atoms with Gasteiger partial charge in [-0.2, -0.15) is 0 Å². The van der Waals surface area contributed by atoms with Crippen molar-refractivity contribution in [3.63, 3.8) is 0 Å². The van der Waals surface area contributed by atoms with E-state index in [1.54, 1.807) is 0 Å². The molecule has 2 aliphatic rings. The number of fused-ring (bicyclic) bond motifs is 1. The van der Waals surface area contributed by atoms with Gasteiger partial charge in [0.15, 0.2) is 11.5 Å². The van der Waals surface area contributed by atoms with Gasteiger partial charge in [0, 0.05) is 6.04 Å². The van der Waals surface area contributed by atoms with E-state index >= 15 is 0 Å². The van der Waals surface area contributed by atoms with Crippen LogP contribution in [0.3, 0.4) is 0 Å². The fourth-order valence-electron chi connectivity index (χ4n) is 4.21. The molecule has 3 atom stereocenters. The van der Waals surface area contributed by atoms with Crippen molar-refractivity contribution in [2.75, 3.05) is 20.3 Å². The van der Waals surface area contributed by atoms with Crippen molar-refractivity contribution in [3.8, 4) is 11.5 Å². The standard InChI is InChI=1S/C18H27NO2/c1-4-20-15-10-9-12(11-16(15)21-5-2)18(19-3)17-13-7-6-8-14(13)17/h9-11,13-14,17-19H,4-8H2,1-3H3. The molecule has 116 valence electrons. The minimum Gasteiger partial charge on any atom is -0.490 e. The van der Waals surface area contributed by atoms with Crippen LogP contribution in [0, 0.1) is 17.8 Å². The highest BCUT2D eigenvalue weighted by Crippen LogP contribution is 2.62. The Kier molecular flexibility index (Phi) is 4.39. The summed E-state index contributed by atoms with van der Waals surface area (Å²) in [6.45, 7) is 5.36. The monoisotopic (exact) mass is 289 g/mol. The van der Waals surface area contributed by atoms with Gasteiger partial charge in [-0.1, -0.05) is 12.5 Å². The summed E-state index contributed by atoms with van der Waals surface area (Å²) in [5, 5.41) is 3.53. The lowest BCUT2D eigenvalue weighted by Crippen LogP contribution is -2.20. The van der Waals surface area contributed by atoms with Gasteiger partial charge in [0.05, 0.1) is 13.2 Å². The lowest BCUT2D eigenvalue weighted by molar-refractivity contribution is 0.287. The molecular formula is C18H27NO2. The number of hydrogen-bond donors (Lipinski definition) is 1. The van der Waals surface area contributed by atoms with Crippen molar-refractivity contribution in [2.24, 2.45) is 17.8 Å². The van der Waals surface area contributed by atoms with E-state index in [2.05, 4.69) is 30.6 Å². The maximum atomic E-state index is 5.77. The maximum absolute atomic E-state index is 5.77. The fourth-order valence-corrected chi connectivity index (χ4v) is 4.21. The topological polar surface area (TPSA) is 30.5 Å². The molecule has 0 aromatic heterocycles. The zero-order chi connectivity index (χ0) is 14.8. The first kappa shape index (κ1) is 14.7. The highest BCUT2D eigenvalue weighted by molar-refractivity contribution is 5.44. The average molecular weight is 289 g/mol. The maximum Gasteiger partial charge on any atom is 0.161 e. The third kappa shape index (κ3) is 2.76. The van der Waals surface area contributed by atoms with E-state index in [0.29, 0.717) is 19.3 Å². The molecule has 2 fully saturated rings. The minimum atomic E-state index is 0.454. The largest absolute Gasteiger partial charge is 0.490 e. The Hall–Kier alpha value is -1.22. The first-order valence-electron chi connectivity index (χ1n) is 8.37. The molecule has 0 saturated heterocycles. The molecule has 2 saturated carbocycles. The van der Waals surface area contributed by atoms with E-state index in [1.165, 1.54) is 24.8 Å². The van der Waals surface area contributed by atoms with Crippen LogP contribution in [0.2, 0.25) is 0 Å². The van der Waals surface area contributed by atoms with Crippen LogP contribution in [-0.4, -0.2) is 20.3 Å². The summed E-state index contributed by atoms with van der Waals surface area (Å²) in [4.78, 5) is 0. The van der Waals surface area contributed by atoms with Gasteiger partial charge in [0.25, 0.3) is 0 Å². The summed E-state index contributed by atoms with van der Waals surface area (Å²) in [5.74, 6) is 4.45. The molecule has 0 heterocycles. The Labute approximate surface area is 128 Å². The Bertz CT molecular complexity index is 478.